The van der Waals surface area contributed by atoms with Crippen molar-refractivity contribution in [2.24, 2.45) is 5.14 Å². The van der Waals surface area contributed by atoms with E-state index in [1.54, 1.807) is 0 Å². The molecule has 0 saturated heterocycles. The minimum atomic E-state index is -4.29. The van der Waals surface area contributed by atoms with Crippen LogP contribution in [0.25, 0.3) is 0 Å². The van der Waals surface area contributed by atoms with E-state index in [4.69, 9.17) is 16.7 Å². The number of pyridine rings is 1. The van der Waals surface area contributed by atoms with Crippen LogP contribution in [0.1, 0.15) is 12.1 Å². The van der Waals surface area contributed by atoms with Gasteiger partial charge < -0.3 is 5.11 Å². The molecular formula is C6H5ClF2N2O3S. The lowest BCUT2D eigenvalue weighted by Crippen LogP contribution is -2.15. The highest BCUT2D eigenvalue weighted by Crippen LogP contribution is 2.31. The smallest absolute Gasteiger partial charge is 0.284 e. The van der Waals surface area contributed by atoms with Gasteiger partial charge in [0.05, 0.1) is 5.02 Å². The third-order valence-electron chi connectivity index (χ3n) is 1.43. The van der Waals surface area contributed by atoms with Gasteiger partial charge in [0.15, 0.2) is 5.03 Å². The molecule has 0 aromatic carbocycles. The fourth-order valence-corrected chi connectivity index (χ4v) is 1.86. The Bertz CT molecular complexity index is 491. The van der Waals surface area contributed by atoms with Crippen molar-refractivity contribution < 1.29 is 22.3 Å². The number of halogens is 3. The molecule has 0 aliphatic heterocycles. The summed E-state index contributed by atoms with van der Waals surface area (Å²) < 4.78 is 46.1. The number of alkyl halides is 2. The second-order valence-electron chi connectivity index (χ2n) is 2.53. The molecule has 0 aliphatic carbocycles. The summed E-state index contributed by atoms with van der Waals surface area (Å²) >= 11 is 5.36. The number of aromatic hydroxyl groups is 1. The summed E-state index contributed by atoms with van der Waals surface area (Å²) in [6.45, 7) is 0. The van der Waals surface area contributed by atoms with Crippen molar-refractivity contribution in [3.8, 4) is 5.75 Å². The first-order chi connectivity index (χ1) is 6.73. The SMILES string of the molecule is NS(=O)(=O)c1nc(C(F)F)c(O)cc1Cl. The molecule has 15 heavy (non-hydrogen) atoms. The number of aromatic nitrogens is 1. The average Bonchev–Trinajstić information content (AvgIpc) is 2.00. The van der Waals surface area contributed by atoms with Crippen LogP contribution in [-0.2, 0) is 10.0 Å². The number of sulfonamides is 1. The van der Waals surface area contributed by atoms with E-state index in [1.807, 2.05) is 0 Å². The fraction of sp³-hybridized carbons (Fsp3) is 0.167. The molecule has 5 nitrogen and oxygen atoms in total. The summed E-state index contributed by atoms with van der Waals surface area (Å²) in [5.74, 6) is -0.887. The summed E-state index contributed by atoms with van der Waals surface area (Å²) in [7, 11) is -4.29. The van der Waals surface area contributed by atoms with Crippen LogP contribution in [0, 0.1) is 0 Å². The monoisotopic (exact) mass is 258 g/mol. The van der Waals surface area contributed by atoms with Crippen LogP contribution in [0.15, 0.2) is 11.1 Å². The molecule has 0 spiro atoms. The van der Waals surface area contributed by atoms with Crippen molar-refractivity contribution in [3.63, 3.8) is 0 Å². The molecule has 1 aromatic rings. The molecule has 9 heteroatoms. The maximum absolute atomic E-state index is 12.2. The molecule has 1 heterocycles. The van der Waals surface area contributed by atoms with Gasteiger partial charge in [-0.25, -0.2) is 27.3 Å². The zero-order valence-corrected chi connectivity index (χ0v) is 8.56. The van der Waals surface area contributed by atoms with Crippen LogP contribution >= 0.6 is 11.6 Å². The van der Waals surface area contributed by atoms with E-state index >= 15 is 0 Å². The maximum atomic E-state index is 12.2. The zero-order chi connectivity index (χ0) is 11.8. The predicted octanol–water partition coefficient (Wildman–Crippen LogP) is 1.03. The van der Waals surface area contributed by atoms with Gasteiger partial charge in [-0.15, -0.1) is 0 Å². The number of nitrogens with two attached hydrogens (primary N) is 1. The van der Waals surface area contributed by atoms with Crippen molar-refractivity contribution in [2.45, 2.75) is 11.5 Å². The Balaban J connectivity index is 3.50. The first kappa shape index (κ1) is 12.1. The summed E-state index contributed by atoms with van der Waals surface area (Å²) in [5, 5.41) is 12.3. The maximum Gasteiger partial charge on any atom is 0.284 e. The normalized spacial score (nSPS) is 12.1. The molecule has 0 aliphatic rings. The number of hydrogen-bond donors (Lipinski definition) is 2. The summed E-state index contributed by atoms with van der Waals surface area (Å²) in [6.07, 6.45) is -3.12. The zero-order valence-electron chi connectivity index (χ0n) is 6.99. The van der Waals surface area contributed by atoms with Crippen molar-refractivity contribution in [2.75, 3.05) is 0 Å². The molecule has 0 bridgehead atoms. The highest BCUT2D eigenvalue weighted by atomic mass is 35.5. The Morgan fingerprint density at radius 1 is 1.53 bits per heavy atom. The first-order valence-corrected chi connectivity index (χ1v) is 5.36. The second-order valence-corrected chi connectivity index (χ2v) is 4.41. The van der Waals surface area contributed by atoms with Gasteiger partial charge in [-0.1, -0.05) is 11.6 Å². The van der Waals surface area contributed by atoms with Crippen LogP contribution in [0.5, 0.6) is 5.75 Å². The van der Waals surface area contributed by atoms with Crippen LogP contribution < -0.4 is 5.14 Å². The van der Waals surface area contributed by atoms with Crippen LogP contribution in [0.4, 0.5) is 8.78 Å². The van der Waals surface area contributed by atoms with E-state index in [0.717, 1.165) is 0 Å². The summed E-state index contributed by atoms with van der Waals surface area (Å²) in [6, 6.07) is 0.649. The molecule has 84 valence electrons. The van der Waals surface area contributed by atoms with E-state index < -0.39 is 37.9 Å². The van der Waals surface area contributed by atoms with E-state index in [2.05, 4.69) is 10.1 Å². The molecule has 0 unspecified atom stereocenters. The molecule has 1 aromatic heterocycles. The number of rotatable bonds is 2. The van der Waals surface area contributed by atoms with Gasteiger partial charge in [0.25, 0.3) is 16.4 Å². The van der Waals surface area contributed by atoms with Crippen LogP contribution in [0.3, 0.4) is 0 Å². The van der Waals surface area contributed by atoms with Gasteiger partial charge in [-0.05, 0) is 0 Å². The lowest BCUT2D eigenvalue weighted by atomic mass is 10.3. The quantitative estimate of drug-likeness (QED) is 0.828. The number of nitrogens with zero attached hydrogens (tertiary/aromatic N) is 1. The number of primary sulfonamides is 1. The fourth-order valence-electron chi connectivity index (χ4n) is 0.836. The Morgan fingerprint density at radius 2 is 2.07 bits per heavy atom. The van der Waals surface area contributed by atoms with Crippen molar-refractivity contribution in [1.29, 1.82) is 0 Å². The standard InChI is InChI=1S/C6H5ClF2N2O3S/c7-2-1-3(12)4(5(8)9)11-6(2)15(10,13)14/h1,5,12H,(H2,10,13,14). The number of hydrogen-bond acceptors (Lipinski definition) is 4. The van der Waals surface area contributed by atoms with Crippen molar-refractivity contribution in [3.05, 3.63) is 16.8 Å². The third-order valence-corrected chi connectivity index (χ3v) is 2.68. The van der Waals surface area contributed by atoms with Crippen molar-refractivity contribution >= 4 is 21.6 Å². The van der Waals surface area contributed by atoms with Crippen LogP contribution in [0.2, 0.25) is 5.02 Å². The molecule has 0 atom stereocenters. The largest absolute Gasteiger partial charge is 0.506 e. The van der Waals surface area contributed by atoms with Gasteiger partial charge in [0, 0.05) is 6.07 Å². The van der Waals surface area contributed by atoms with E-state index in [1.165, 1.54) is 0 Å². The lowest BCUT2D eigenvalue weighted by Gasteiger charge is -2.06. The molecule has 0 radical (unpaired) electrons. The molecule has 0 amide bonds. The van der Waals surface area contributed by atoms with Gasteiger partial charge in [0.1, 0.15) is 11.4 Å². The topological polar surface area (TPSA) is 93.3 Å². The molecular weight excluding hydrogens is 254 g/mol. The van der Waals surface area contributed by atoms with Gasteiger partial charge >= 0.3 is 0 Å². The van der Waals surface area contributed by atoms with E-state index in [0.29, 0.717) is 6.07 Å². The average molecular weight is 259 g/mol. The lowest BCUT2D eigenvalue weighted by molar-refractivity contribution is 0.141. The van der Waals surface area contributed by atoms with Gasteiger partial charge in [-0.3, -0.25) is 0 Å². The first-order valence-electron chi connectivity index (χ1n) is 3.44. The molecule has 0 fully saturated rings. The minimum Gasteiger partial charge on any atom is -0.506 e. The van der Waals surface area contributed by atoms with Crippen LogP contribution in [-0.4, -0.2) is 18.5 Å². The predicted molar refractivity (Wildman–Crippen MR) is 47.2 cm³/mol. The molecule has 1 rings (SSSR count). The van der Waals surface area contributed by atoms with E-state index in [9.17, 15) is 17.2 Å². The Morgan fingerprint density at radius 3 is 2.47 bits per heavy atom. The summed E-state index contributed by atoms with van der Waals surface area (Å²) in [4.78, 5) is 3.00. The third kappa shape index (κ3) is 2.52. The highest BCUT2D eigenvalue weighted by Gasteiger charge is 2.22. The highest BCUT2D eigenvalue weighted by molar-refractivity contribution is 7.89. The molecule has 3 N–H and O–H groups in total. The minimum absolute atomic E-state index is 0.514. The second kappa shape index (κ2) is 3.87. The van der Waals surface area contributed by atoms with Gasteiger partial charge in [0.2, 0.25) is 0 Å². The Hall–Kier alpha value is -0.990. The molecule has 0 saturated carbocycles. The van der Waals surface area contributed by atoms with E-state index in [-0.39, 0.29) is 0 Å². The summed E-state index contributed by atoms with van der Waals surface area (Å²) in [5.41, 5.74) is -1.08. The Kier molecular flexibility index (Phi) is 3.12. The Labute approximate surface area is 88.5 Å². The van der Waals surface area contributed by atoms with Crippen molar-refractivity contribution in [1.82, 2.24) is 4.98 Å². The van der Waals surface area contributed by atoms with Gasteiger partial charge in [-0.2, -0.15) is 0 Å².